The molecule has 3 aromatic rings. The van der Waals surface area contributed by atoms with Gasteiger partial charge in [-0.1, -0.05) is 62.2 Å². The summed E-state index contributed by atoms with van der Waals surface area (Å²) in [7, 11) is 0. The summed E-state index contributed by atoms with van der Waals surface area (Å²) < 4.78 is 5.84. The number of nitrogens with zero attached hydrogens (tertiary/aromatic N) is 2. The van der Waals surface area contributed by atoms with Gasteiger partial charge in [0, 0.05) is 6.54 Å². The van der Waals surface area contributed by atoms with Crippen LogP contribution < -0.4 is 4.74 Å². The molecule has 0 bridgehead atoms. The fourth-order valence-electron chi connectivity index (χ4n) is 4.33. The van der Waals surface area contributed by atoms with Crippen molar-refractivity contribution < 1.29 is 19.4 Å². The second-order valence-electron chi connectivity index (χ2n) is 8.68. The fraction of sp³-hybridized carbons (Fsp3) is 0.321. The number of benzene rings is 2. The van der Waals surface area contributed by atoms with Crippen molar-refractivity contribution in [1.29, 1.82) is 0 Å². The van der Waals surface area contributed by atoms with Crippen LogP contribution >= 0.6 is 11.3 Å². The van der Waals surface area contributed by atoms with Gasteiger partial charge in [0.25, 0.3) is 5.91 Å². The molecule has 1 atom stereocenters. The minimum absolute atomic E-state index is 0.0919. The third-order valence-corrected chi connectivity index (χ3v) is 7.14. The fourth-order valence-corrected chi connectivity index (χ4v) is 5.20. The zero-order valence-electron chi connectivity index (χ0n) is 20.3. The predicted molar refractivity (Wildman–Crippen MR) is 137 cm³/mol. The average Bonchev–Trinajstić information content (AvgIpc) is 3.33. The Morgan fingerprint density at radius 1 is 1.09 bits per heavy atom. The van der Waals surface area contributed by atoms with E-state index in [1.54, 1.807) is 11.8 Å². The number of Topliss-reactive ketones (excluding diaryl/α,β-unsaturated/α-hetero) is 1. The number of amides is 1. The summed E-state index contributed by atoms with van der Waals surface area (Å²) in [6.07, 6.45) is 3.23. The van der Waals surface area contributed by atoms with Gasteiger partial charge >= 0.3 is 0 Å². The van der Waals surface area contributed by atoms with Crippen molar-refractivity contribution >= 4 is 23.0 Å². The van der Waals surface area contributed by atoms with Gasteiger partial charge in [0.2, 0.25) is 5.78 Å². The van der Waals surface area contributed by atoms with E-state index < -0.39 is 17.7 Å². The van der Waals surface area contributed by atoms with Crippen molar-refractivity contribution in [3.05, 3.63) is 92.6 Å². The number of carbonyl (C=O) groups excluding carboxylic acids is 2. The monoisotopic (exact) mass is 490 g/mol. The Balaban J connectivity index is 1.69. The summed E-state index contributed by atoms with van der Waals surface area (Å²) in [5, 5.41) is 11.7. The van der Waals surface area contributed by atoms with Crippen molar-refractivity contribution in [2.45, 2.75) is 52.6 Å². The molecule has 0 radical (unpaired) electrons. The molecule has 0 saturated carbocycles. The zero-order valence-corrected chi connectivity index (χ0v) is 21.1. The molecular weight excluding hydrogens is 460 g/mol. The lowest BCUT2D eigenvalue weighted by Gasteiger charge is -2.27. The molecule has 7 heteroatoms. The van der Waals surface area contributed by atoms with Gasteiger partial charge in [-0.05, 0) is 43.5 Å². The van der Waals surface area contributed by atoms with Crippen molar-refractivity contribution in [3.8, 4) is 5.75 Å². The minimum Gasteiger partial charge on any atom is -0.503 e. The van der Waals surface area contributed by atoms with Gasteiger partial charge in [-0.2, -0.15) is 0 Å². The number of aliphatic hydroxyl groups excluding tert-OH is 1. The molecule has 1 amide bonds. The number of thiazole rings is 1. The van der Waals surface area contributed by atoms with Crippen LogP contribution in [0.3, 0.4) is 0 Å². The van der Waals surface area contributed by atoms with Crippen LogP contribution in [-0.4, -0.2) is 33.3 Å². The highest BCUT2D eigenvalue weighted by atomic mass is 32.1. The molecule has 1 aromatic heterocycles. The van der Waals surface area contributed by atoms with Crippen LogP contribution in [0, 0.1) is 13.8 Å². The Hall–Kier alpha value is -3.45. The molecule has 1 aliphatic rings. The van der Waals surface area contributed by atoms with Crippen LogP contribution in [0.2, 0.25) is 0 Å². The third-order valence-electron chi connectivity index (χ3n) is 6.07. The van der Waals surface area contributed by atoms with E-state index in [2.05, 4.69) is 11.9 Å². The number of hydrogen-bond donors (Lipinski definition) is 1. The van der Waals surface area contributed by atoms with Crippen molar-refractivity contribution in [2.24, 2.45) is 0 Å². The number of aliphatic hydroxyl groups is 1. The summed E-state index contributed by atoms with van der Waals surface area (Å²) in [4.78, 5) is 33.2. The van der Waals surface area contributed by atoms with Crippen LogP contribution in [0.15, 0.2) is 65.9 Å². The van der Waals surface area contributed by atoms with Crippen LogP contribution in [0.5, 0.6) is 5.75 Å². The number of rotatable bonds is 10. The normalized spacial score (nSPS) is 15.7. The summed E-state index contributed by atoms with van der Waals surface area (Å²) >= 11 is 1.27. The van der Waals surface area contributed by atoms with Crippen molar-refractivity contribution in [1.82, 2.24) is 9.88 Å². The van der Waals surface area contributed by atoms with Gasteiger partial charge in [-0.15, -0.1) is 11.3 Å². The summed E-state index contributed by atoms with van der Waals surface area (Å²) in [5.74, 6) is -0.680. The number of aromatic nitrogens is 1. The van der Waals surface area contributed by atoms with Crippen LogP contribution in [0.25, 0.3) is 0 Å². The molecule has 1 aliphatic heterocycles. The molecule has 6 nitrogen and oxygen atoms in total. The van der Waals surface area contributed by atoms with E-state index in [1.807, 2.05) is 61.5 Å². The van der Waals surface area contributed by atoms with Gasteiger partial charge in [-0.25, -0.2) is 4.98 Å². The van der Waals surface area contributed by atoms with Crippen molar-refractivity contribution in [2.75, 3.05) is 6.61 Å². The molecule has 1 N–H and O–H groups in total. The molecular formula is C28H30N2O4S. The van der Waals surface area contributed by atoms with Gasteiger partial charge in [0.1, 0.15) is 5.75 Å². The standard InChI is InChI=1S/C28H30N2O4S/c1-4-5-9-16-34-22-14-12-21(13-15-22)24-23(25(31)27-18(2)29-19(3)35-27)26(32)28(33)30(24)17-20-10-7-6-8-11-20/h6-8,10-15,24,32H,4-5,9,16-17H2,1-3H3. The Morgan fingerprint density at radius 3 is 2.43 bits per heavy atom. The number of ketones is 1. The maximum Gasteiger partial charge on any atom is 0.290 e. The quantitative estimate of drug-likeness (QED) is 0.274. The van der Waals surface area contributed by atoms with Crippen LogP contribution in [0.1, 0.15) is 63.7 Å². The first-order valence-corrected chi connectivity index (χ1v) is 12.7. The zero-order chi connectivity index (χ0) is 24.9. The molecule has 4 rings (SSSR count). The van der Waals surface area contributed by atoms with E-state index >= 15 is 0 Å². The molecule has 0 fully saturated rings. The molecule has 0 aliphatic carbocycles. The molecule has 182 valence electrons. The number of hydrogen-bond acceptors (Lipinski definition) is 6. The summed E-state index contributed by atoms with van der Waals surface area (Å²) in [6.45, 7) is 6.66. The Bertz CT molecular complexity index is 1230. The summed E-state index contributed by atoms with van der Waals surface area (Å²) in [5.41, 5.74) is 2.34. The number of aryl methyl sites for hydroxylation is 2. The molecule has 35 heavy (non-hydrogen) atoms. The SMILES string of the molecule is CCCCCOc1ccc(C2C(C(=O)c3sc(C)nc3C)=C(O)C(=O)N2Cc2ccccc2)cc1. The van der Waals surface area contributed by atoms with Crippen LogP contribution in [0.4, 0.5) is 0 Å². The lowest BCUT2D eigenvalue weighted by Crippen LogP contribution is -2.30. The lowest BCUT2D eigenvalue weighted by atomic mass is 9.94. The predicted octanol–water partition coefficient (Wildman–Crippen LogP) is 6.11. The molecule has 0 spiro atoms. The smallest absolute Gasteiger partial charge is 0.290 e. The average molecular weight is 491 g/mol. The van der Waals surface area contributed by atoms with Gasteiger partial charge in [0.05, 0.1) is 33.8 Å². The minimum atomic E-state index is -0.717. The van der Waals surface area contributed by atoms with Crippen molar-refractivity contribution in [3.63, 3.8) is 0 Å². The highest BCUT2D eigenvalue weighted by Gasteiger charge is 2.44. The number of ether oxygens (including phenoxy) is 1. The second kappa shape index (κ2) is 10.9. The van der Waals surface area contributed by atoms with E-state index in [0.29, 0.717) is 17.2 Å². The van der Waals surface area contributed by atoms with Gasteiger partial charge < -0.3 is 14.7 Å². The number of carbonyl (C=O) groups is 2. The first kappa shape index (κ1) is 24.7. The third kappa shape index (κ3) is 5.30. The largest absolute Gasteiger partial charge is 0.503 e. The van der Waals surface area contributed by atoms with Crippen LogP contribution in [-0.2, 0) is 11.3 Å². The van der Waals surface area contributed by atoms with Gasteiger partial charge in [0.15, 0.2) is 5.76 Å². The first-order chi connectivity index (χ1) is 16.9. The summed E-state index contributed by atoms with van der Waals surface area (Å²) in [6, 6.07) is 16.3. The van der Waals surface area contributed by atoms with Gasteiger partial charge in [-0.3, -0.25) is 9.59 Å². The Labute approximate surface area is 209 Å². The van der Waals surface area contributed by atoms with E-state index in [0.717, 1.165) is 41.1 Å². The lowest BCUT2D eigenvalue weighted by molar-refractivity contribution is -0.130. The van der Waals surface area contributed by atoms with E-state index in [4.69, 9.17) is 4.74 Å². The Morgan fingerprint density at radius 2 is 1.80 bits per heavy atom. The molecule has 2 heterocycles. The first-order valence-electron chi connectivity index (χ1n) is 11.9. The molecule has 1 unspecified atom stereocenters. The Kier molecular flexibility index (Phi) is 7.66. The van der Waals surface area contributed by atoms with E-state index in [1.165, 1.54) is 11.3 Å². The molecule has 0 saturated heterocycles. The molecule has 2 aromatic carbocycles. The second-order valence-corrected chi connectivity index (χ2v) is 9.89. The number of unbranched alkanes of at least 4 members (excludes halogenated alkanes) is 2. The van der Waals surface area contributed by atoms with E-state index in [9.17, 15) is 14.7 Å². The highest BCUT2D eigenvalue weighted by molar-refractivity contribution is 7.14. The highest BCUT2D eigenvalue weighted by Crippen LogP contribution is 2.41. The van der Waals surface area contributed by atoms with E-state index in [-0.39, 0.29) is 17.9 Å². The maximum absolute atomic E-state index is 13.6. The topological polar surface area (TPSA) is 79.7 Å². The maximum atomic E-state index is 13.6.